The number of hydrogen-bond donors (Lipinski definition) is 2. The van der Waals surface area contributed by atoms with Crippen molar-refractivity contribution < 1.29 is 19.8 Å². The molecule has 0 spiro atoms. The lowest BCUT2D eigenvalue weighted by molar-refractivity contribution is -0.136. The number of rotatable bonds is 18. The first kappa shape index (κ1) is 30.6. The summed E-state index contributed by atoms with van der Waals surface area (Å²) in [5.41, 5.74) is -0.629. The molecule has 0 amide bonds. The number of allylic oxidation sites excluding steroid dienone is 1. The molecule has 0 aromatic heterocycles. The maximum atomic E-state index is 11.0. The normalized spacial score (nSPS) is 11.5. The molecule has 0 saturated carbocycles. The van der Waals surface area contributed by atoms with Gasteiger partial charge in [0.2, 0.25) is 0 Å². The number of unbranched alkanes of at least 4 members (excludes halogenated alkanes) is 12. The van der Waals surface area contributed by atoms with Crippen molar-refractivity contribution >= 4 is 11.9 Å². The summed E-state index contributed by atoms with van der Waals surface area (Å²) in [5.74, 6) is -2.36. The van der Waals surface area contributed by atoms with E-state index >= 15 is 0 Å². The highest BCUT2D eigenvalue weighted by Crippen LogP contribution is 2.32. The van der Waals surface area contributed by atoms with Crippen molar-refractivity contribution in [3.8, 4) is 0 Å². The largest absolute Gasteiger partial charge is 0.478 e. The van der Waals surface area contributed by atoms with Gasteiger partial charge in [-0.05, 0) is 24.7 Å². The zero-order valence-corrected chi connectivity index (χ0v) is 20.2. The Morgan fingerprint density at radius 3 is 1.60 bits per heavy atom. The maximum absolute atomic E-state index is 11.0. The Morgan fingerprint density at radius 2 is 1.20 bits per heavy atom. The van der Waals surface area contributed by atoms with Crippen LogP contribution in [0.3, 0.4) is 0 Å². The lowest BCUT2D eigenvalue weighted by atomic mass is 9.79. The molecule has 0 aromatic rings. The topological polar surface area (TPSA) is 74.6 Å². The molecule has 30 heavy (non-hydrogen) atoms. The summed E-state index contributed by atoms with van der Waals surface area (Å²) in [4.78, 5) is 21.5. The second-order valence-electron chi connectivity index (χ2n) is 8.80. The molecule has 0 aromatic carbocycles. The molecule has 0 radical (unpaired) electrons. The Labute approximate surface area is 185 Å². The van der Waals surface area contributed by atoms with Gasteiger partial charge >= 0.3 is 11.9 Å². The monoisotopic (exact) mass is 424 g/mol. The van der Waals surface area contributed by atoms with Gasteiger partial charge in [0, 0.05) is 11.6 Å². The first-order valence-electron chi connectivity index (χ1n) is 12.0. The molecule has 0 fully saturated rings. The second kappa shape index (κ2) is 20.7. The van der Waals surface area contributed by atoms with Gasteiger partial charge in [0.05, 0.1) is 0 Å². The van der Waals surface area contributed by atoms with Crippen molar-refractivity contribution in [3.05, 3.63) is 24.3 Å². The molecule has 0 unspecified atom stereocenters. The van der Waals surface area contributed by atoms with Crippen molar-refractivity contribution in [1.82, 2.24) is 0 Å². The lowest BCUT2D eigenvalue weighted by Gasteiger charge is -2.25. The van der Waals surface area contributed by atoms with Crippen LogP contribution < -0.4 is 0 Å². The summed E-state index contributed by atoms with van der Waals surface area (Å²) in [7, 11) is 0. The summed E-state index contributed by atoms with van der Waals surface area (Å²) < 4.78 is 0. The molecular weight excluding hydrogens is 376 g/mol. The van der Waals surface area contributed by atoms with E-state index in [0.29, 0.717) is 6.42 Å². The van der Waals surface area contributed by atoms with E-state index in [2.05, 4.69) is 20.4 Å². The van der Waals surface area contributed by atoms with Crippen molar-refractivity contribution in [2.75, 3.05) is 0 Å². The molecule has 0 aliphatic rings. The minimum atomic E-state index is -1.21. The van der Waals surface area contributed by atoms with Crippen LogP contribution >= 0.6 is 0 Å². The first-order valence-corrected chi connectivity index (χ1v) is 12.0. The lowest BCUT2D eigenvalue weighted by Crippen LogP contribution is -2.22. The molecule has 0 aliphatic carbocycles. The molecule has 0 heterocycles. The zero-order valence-electron chi connectivity index (χ0n) is 20.2. The van der Waals surface area contributed by atoms with Crippen molar-refractivity contribution in [3.63, 3.8) is 0 Å². The van der Waals surface area contributed by atoms with Crippen LogP contribution in [-0.2, 0) is 9.59 Å². The SMILES string of the molecule is C=CCCCCCCCCCCCC.CCCCCC(C)(C)/C(=C/C(=O)O)C(=O)O. The standard InChI is InChI=1S/C14H28.C12H20O4/c1-3-5-7-9-11-13-14-12-10-8-6-4-2;1-4-5-6-7-12(2,3)9(11(15)16)8-10(13)14/h3H,1,4-14H2,2H3;8H,4-7H2,1-3H3,(H,13,14)(H,15,16)/b;9-8+. The molecule has 0 rings (SSSR count). The van der Waals surface area contributed by atoms with Crippen LogP contribution in [0.5, 0.6) is 0 Å². The summed E-state index contributed by atoms with van der Waals surface area (Å²) in [6, 6.07) is 0. The Kier molecular flexibility index (Phi) is 21.1. The van der Waals surface area contributed by atoms with Crippen molar-refractivity contribution in [2.45, 2.75) is 124 Å². The summed E-state index contributed by atoms with van der Waals surface area (Å²) in [6.07, 6.45) is 22.0. The van der Waals surface area contributed by atoms with Crippen molar-refractivity contribution in [2.24, 2.45) is 5.41 Å². The van der Waals surface area contributed by atoms with Crippen molar-refractivity contribution in [1.29, 1.82) is 0 Å². The average Bonchev–Trinajstić information content (AvgIpc) is 2.68. The summed E-state index contributed by atoms with van der Waals surface area (Å²) >= 11 is 0. The third-order valence-corrected chi connectivity index (χ3v) is 5.39. The zero-order chi connectivity index (χ0) is 23.3. The molecule has 4 nitrogen and oxygen atoms in total. The van der Waals surface area contributed by atoms with Crippen LogP contribution in [0, 0.1) is 5.41 Å². The Hall–Kier alpha value is -1.58. The quantitative estimate of drug-likeness (QED) is 0.132. The Bertz CT molecular complexity index is 477. The van der Waals surface area contributed by atoms with Crippen LogP contribution in [-0.4, -0.2) is 22.2 Å². The van der Waals surface area contributed by atoms with E-state index in [4.69, 9.17) is 10.2 Å². The highest BCUT2D eigenvalue weighted by atomic mass is 16.4. The van der Waals surface area contributed by atoms with Gasteiger partial charge in [-0.15, -0.1) is 6.58 Å². The fourth-order valence-electron chi connectivity index (χ4n) is 3.40. The van der Waals surface area contributed by atoms with E-state index < -0.39 is 17.4 Å². The van der Waals surface area contributed by atoms with E-state index in [0.717, 1.165) is 25.3 Å². The van der Waals surface area contributed by atoms with Gasteiger partial charge in [-0.2, -0.15) is 0 Å². The van der Waals surface area contributed by atoms with Crippen LogP contribution in [0.15, 0.2) is 24.3 Å². The molecule has 176 valence electrons. The Balaban J connectivity index is 0. The highest BCUT2D eigenvalue weighted by molar-refractivity contribution is 5.95. The van der Waals surface area contributed by atoms with E-state index in [-0.39, 0.29) is 5.57 Å². The van der Waals surface area contributed by atoms with Crippen LogP contribution in [0.1, 0.15) is 124 Å². The predicted octanol–water partition coefficient (Wildman–Crippen LogP) is 8.17. The van der Waals surface area contributed by atoms with Crippen LogP contribution in [0.2, 0.25) is 0 Å². The third-order valence-electron chi connectivity index (χ3n) is 5.39. The number of carboxylic acid groups (broad SMARTS) is 2. The van der Waals surface area contributed by atoms with E-state index in [9.17, 15) is 9.59 Å². The van der Waals surface area contributed by atoms with Gasteiger partial charge in [0.1, 0.15) is 0 Å². The van der Waals surface area contributed by atoms with Gasteiger partial charge in [-0.1, -0.05) is 111 Å². The molecule has 0 aliphatic heterocycles. The van der Waals surface area contributed by atoms with Gasteiger partial charge in [-0.3, -0.25) is 0 Å². The fourth-order valence-corrected chi connectivity index (χ4v) is 3.40. The first-order chi connectivity index (χ1) is 14.2. The van der Waals surface area contributed by atoms with Gasteiger partial charge in [0.25, 0.3) is 0 Å². The number of aliphatic carboxylic acids is 2. The van der Waals surface area contributed by atoms with Gasteiger partial charge in [-0.25, -0.2) is 9.59 Å². The summed E-state index contributed by atoms with van der Waals surface area (Å²) in [6.45, 7) is 11.6. The highest BCUT2D eigenvalue weighted by Gasteiger charge is 2.28. The molecule has 0 saturated heterocycles. The molecule has 0 bridgehead atoms. The van der Waals surface area contributed by atoms with E-state index in [1.165, 1.54) is 70.6 Å². The van der Waals surface area contributed by atoms with Crippen LogP contribution in [0.4, 0.5) is 0 Å². The smallest absolute Gasteiger partial charge is 0.332 e. The fraction of sp³-hybridized carbons (Fsp3) is 0.769. The van der Waals surface area contributed by atoms with E-state index in [1.807, 2.05) is 6.08 Å². The average molecular weight is 425 g/mol. The number of carbonyl (C=O) groups is 2. The third kappa shape index (κ3) is 19.7. The predicted molar refractivity (Wildman–Crippen MR) is 128 cm³/mol. The van der Waals surface area contributed by atoms with Crippen LogP contribution in [0.25, 0.3) is 0 Å². The second-order valence-corrected chi connectivity index (χ2v) is 8.80. The number of hydrogen-bond acceptors (Lipinski definition) is 2. The Morgan fingerprint density at radius 1 is 0.767 bits per heavy atom. The minimum Gasteiger partial charge on any atom is -0.478 e. The van der Waals surface area contributed by atoms with Gasteiger partial charge in [0.15, 0.2) is 0 Å². The molecular formula is C26H48O4. The van der Waals surface area contributed by atoms with E-state index in [1.54, 1.807) is 13.8 Å². The minimum absolute atomic E-state index is 0.0314. The maximum Gasteiger partial charge on any atom is 0.332 e. The van der Waals surface area contributed by atoms with Gasteiger partial charge < -0.3 is 10.2 Å². The molecule has 4 heteroatoms. The molecule has 2 N–H and O–H groups in total. The summed E-state index contributed by atoms with van der Waals surface area (Å²) in [5, 5.41) is 17.6. The molecule has 0 atom stereocenters. The number of carboxylic acids is 2.